The minimum absolute atomic E-state index is 0.347. The summed E-state index contributed by atoms with van der Waals surface area (Å²) in [4.78, 5) is 0. The van der Waals surface area contributed by atoms with Crippen LogP contribution < -0.4 is 0 Å². The van der Waals surface area contributed by atoms with E-state index in [0.717, 1.165) is 21.5 Å². The third-order valence-corrected chi connectivity index (χ3v) is 3.95. The first-order valence-corrected chi connectivity index (χ1v) is 6.11. The van der Waals surface area contributed by atoms with Crippen LogP contribution >= 0.6 is 34.8 Å². The van der Waals surface area contributed by atoms with E-state index in [2.05, 4.69) is 12.1 Å². The molecule has 0 heterocycles. The summed E-state index contributed by atoms with van der Waals surface area (Å²) >= 11 is 18.2. The largest absolute Gasteiger partial charge is 0.0820 e. The highest BCUT2D eigenvalue weighted by atomic mass is 35.5. The van der Waals surface area contributed by atoms with Crippen molar-refractivity contribution in [2.75, 3.05) is 0 Å². The number of hydrogen-bond acceptors (Lipinski definition) is 0. The molecule has 0 bridgehead atoms. The molecule has 3 heteroatoms. The van der Waals surface area contributed by atoms with Gasteiger partial charge in [0.2, 0.25) is 0 Å². The molecule has 0 spiro atoms. The second-order valence-electron chi connectivity index (χ2n) is 3.69. The van der Waals surface area contributed by atoms with Gasteiger partial charge in [-0.1, -0.05) is 65.1 Å². The Morgan fingerprint density at radius 1 is 0.882 bits per heavy atom. The summed E-state index contributed by atoms with van der Waals surface area (Å²) in [5.74, 6) is 0. The fourth-order valence-corrected chi connectivity index (χ4v) is 2.54. The Balaban J connectivity index is 2.59. The second kappa shape index (κ2) is 4.06. The van der Waals surface area contributed by atoms with Gasteiger partial charge in [-0.05, 0) is 16.8 Å². The summed E-state index contributed by atoms with van der Waals surface area (Å²) in [6.45, 7) is 0. The molecule has 0 atom stereocenters. The molecule has 3 rings (SSSR count). The molecule has 0 aliphatic rings. The number of hydrogen-bond donors (Lipinski definition) is 0. The summed E-state index contributed by atoms with van der Waals surface area (Å²) in [5, 5.41) is 4.92. The zero-order chi connectivity index (χ0) is 12.0. The lowest BCUT2D eigenvalue weighted by atomic mass is 10.0. The van der Waals surface area contributed by atoms with Gasteiger partial charge in [0.15, 0.2) is 0 Å². The summed E-state index contributed by atoms with van der Waals surface area (Å²) in [7, 11) is 0. The minimum atomic E-state index is 0.347. The molecule has 0 amide bonds. The Labute approximate surface area is 114 Å². The minimum Gasteiger partial charge on any atom is -0.0820 e. The van der Waals surface area contributed by atoms with Crippen molar-refractivity contribution in [1.29, 1.82) is 0 Å². The Morgan fingerprint density at radius 2 is 1.71 bits per heavy atom. The van der Waals surface area contributed by atoms with Crippen LogP contribution in [0, 0.1) is 12.1 Å². The van der Waals surface area contributed by atoms with Crippen molar-refractivity contribution in [2.45, 2.75) is 0 Å². The quantitative estimate of drug-likeness (QED) is 0.374. The molecule has 3 aromatic carbocycles. The normalized spacial score (nSPS) is 11.2. The number of fused-ring (bicyclic) bond motifs is 3. The van der Waals surface area contributed by atoms with Crippen molar-refractivity contribution < 1.29 is 0 Å². The smallest absolute Gasteiger partial charge is 0.0791 e. The van der Waals surface area contributed by atoms with E-state index in [1.54, 1.807) is 0 Å². The first-order chi connectivity index (χ1) is 8.18. The lowest BCUT2D eigenvalue weighted by Gasteiger charge is -2.07. The molecule has 0 fully saturated rings. The van der Waals surface area contributed by atoms with Gasteiger partial charge in [0.1, 0.15) is 0 Å². The molecule has 0 saturated carbocycles. The van der Waals surface area contributed by atoms with E-state index in [1.807, 2.05) is 30.3 Å². The first kappa shape index (κ1) is 11.2. The molecule has 0 N–H and O–H groups in total. The summed E-state index contributed by atoms with van der Waals surface area (Å²) in [5.41, 5.74) is 0. The van der Waals surface area contributed by atoms with Crippen LogP contribution in [0.25, 0.3) is 21.5 Å². The van der Waals surface area contributed by atoms with Crippen LogP contribution in [0.15, 0.2) is 30.3 Å². The highest BCUT2D eigenvalue weighted by molar-refractivity contribution is 6.50. The van der Waals surface area contributed by atoms with E-state index in [4.69, 9.17) is 34.8 Å². The van der Waals surface area contributed by atoms with Crippen molar-refractivity contribution in [3.8, 4) is 0 Å². The van der Waals surface area contributed by atoms with Gasteiger partial charge in [-0.15, -0.1) is 0 Å². The maximum atomic E-state index is 6.19. The van der Waals surface area contributed by atoms with E-state index < -0.39 is 0 Å². The van der Waals surface area contributed by atoms with Crippen LogP contribution in [0.3, 0.4) is 0 Å². The van der Waals surface area contributed by atoms with Crippen molar-refractivity contribution in [3.63, 3.8) is 0 Å². The van der Waals surface area contributed by atoms with E-state index in [9.17, 15) is 0 Å². The highest BCUT2D eigenvalue weighted by Gasteiger charge is 2.11. The van der Waals surface area contributed by atoms with Crippen LogP contribution in [0.4, 0.5) is 0 Å². The molecule has 0 aromatic heterocycles. The molecular weight excluding hydrogens is 275 g/mol. The van der Waals surface area contributed by atoms with Crippen LogP contribution in [-0.4, -0.2) is 0 Å². The molecular formula is C14H5Cl3. The molecule has 0 unspecified atom stereocenters. The molecule has 0 aliphatic carbocycles. The van der Waals surface area contributed by atoms with Crippen LogP contribution in [-0.2, 0) is 0 Å². The molecule has 17 heavy (non-hydrogen) atoms. The molecule has 3 aromatic rings. The van der Waals surface area contributed by atoms with Gasteiger partial charge < -0.3 is 0 Å². The van der Waals surface area contributed by atoms with Crippen molar-refractivity contribution >= 4 is 56.3 Å². The monoisotopic (exact) mass is 278 g/mol. The van der Waals surface area contributed by atoms with Gasteiger partial charge in [-0.2, -0.15) is 0 Å². The lowest BCUT2D eigenvalue weighted by molar-refractivity contribution is 1.74. The number of rotatable bonds is 0. The van der Waals surface area contributed by atoms with E-state index in [-0.39, 0.29) is 0 Å². The van der Waals surface area contributed by atoms with E-state index in [1.165, 1.54) is 0 Å². The van der Waals surface area contributed by atoms with Gasteiger partial charge in [-0.25, -0.2) is 0 Å². The Morgan fingerprint density at radius 3 is 2.53 bits per heavy atom. The first-order valence-electron chi connectivity index (χ1n) is 4.97. The maximum absolute atomic E-state index is 6.19. The fourth-order valence-electron chi connectivity index (χ4n) is 1.90. The average molecular weight is 280 g/mol. The Bertz CT molecular complexity index is 732. The molecule has 0 saturated heterocycles. The SMILES string of the molecule is Clc1[c]c2c(ccc3[c]cccc32)c(Cl)c1Cl. The number of halogens is 3. The molecule has 0 aliphatic heterocycles. The maximum Gasteiger partial charge on any atom is 0.0791 e. The summed E-state index contributed by atoms with van der Waals surface area (Å²) < 4.78 is 0. The van der Waals surface area contributed by atoms with Crippen molar-refractivity contribution in [3.05, 3.63) is 57.5 Å². The second-order valence-corrected chi connectivity index (χ2v) is 4.82. The van der Waals surface area contributed by atoms with Gasteiger partial charge >= 0.3 is 0 Å². The third-order valence-electron chi connectivity index (χ3n) is 2.70. The van der Waals surface area contributed by atoms with Crippen LogP contribution in [0.1, 0.15) is 0 Å². The summed E-state index contributed by atoms with van der Waals surface area (Å²) in [6, 6.07) is 15.9. The van der Waals surface area contributed by atoms with Crippen LogP contribution in [0.2, 0.25) is 15.1 Å². The predicted octanol–water partition coefficient (Wildman–Crippen LogP) is 5.55. The highest BCUT2D eigenvalue weighted by Crippen LogP contribution is 2.38. The standard InChI is InChI=1S/C14H5Cl3/c15-12-7-11-9-4-2-1-3-8(9)5-6-10(11)13(16)14(12)17/h1-2,4-6H. The Kier molecular flexibility index (Phi) is 2.67. The average Bonchev–Trinajstić information content (AvgIpc) is 2.36. The molecule has 2 radical (unpaired) electrons. The zero-order valence-corrected chi connectivity index (χ0v) is 10.8. The van der Waals surface area contributed by atoms with Gasteiger partial charge in [0.25, 0.3) is 0 Å². The summed E-state index contributed by atoms with van der Waals surface area (Å²) in [6.07, 6.45) is 0. The third kappa shape index (κ3) is 1.68. The zero-order valence-electron chi connectivity index (χ0n) is 8.52. The predicted molar refractivity (Wildman–Crippen MR) is 74.2 cm³/mol. The number of benzene rings is 3. The van der Waals surface area contributed by atoms with Gasteiger partial charge in [-0.3, -0.25) is 0 Å². The topological polar surface area (TPSA) is 0 Å². The van der Waals surface area contributed by atoms with E-state index in [0.29, 0.717) is 15.1 Å². The van der Waals surface area contributed by atoms with Crippen LogP contribution in [0.5, 0.6) is 0 Å². The lowest BCUT2D eigenvalue weighted by Crippen LogP contribution is -1.81. The van der Waals surface area contributed by atoms with Crippen molar-refractivity contribution in [1.82, 2.24) is 0 Å². The van der Waals surface area contributed by atoms with E-state index >= 15 is 0 Å². The van der Waals surface area contributed by atoms with Gasteiger partial charge in [0.05, 0.1) is 15.1 Å². The van der Waals surface area contributed by atoms with Gasteiger partial charge in [0, 0.05) is 16.8 Å². The Hall–Kier alpha value is -0.950. The van der Waals surface area contributed by atoms with Crippen molar-refractivity contribution in [2.24, 2.45) is 0 Å². The molecule has 0 nitrogen and oxygen atoms in total. The fraction of sp³-hybridized carbons (Fsp3) is 0. The molecule has 82 valence electrons.